The van der Waals surface area contributed by atoms with Crippen LogP contribution < -0.4 is 15.2 Å². The van der Waals surface area contributed by atoms with Crippen LogP contribution in [0.15, 0.2) is 24.5 Å². The highest BCUT2D eigenvalue weighted by molar-refractivity contribution is 14.1. The number of rotatable bonds is 1. The number of nitrogens with zero attached hydrogens (tertiary/aromatic N) is 2. The molecule has 1 aromatic heterocycles. The summed E-state index contributed by atoms with van der Waals surface area (Å²) in [7, 11) is 0. The number of benzene rings is 1. The predicted molar refractivity (Wildman–Crippen MR) is 71.7 cm³/mol. The van der Waals surface area contributed by atoms with Gasteiger partial charge >= 0.3 is 0 Å². The zero-order chi connectivity index (χ0) is 11.8. The predicted octanol–water partition coefficient (Wildman–Crippen LogP) is 1.83. The minimum absolute atomic E-state index is 0.561. The fourth-order valence-corrected chi connectivity index (χ4v) is 2.11. The summed E-state index contributed by atoms with van der Waals surface area (Å²) in [5, 5.41) is 4.23. The van der Waals surface area contributed by atoms with Crippen LogP contribution in [0, 0.1) is 3.57 Å². The van der Waals surface area contributed by atoms with Crippen molar-refractivity contribution in [3.05, 3.63) is 28.1 Å². The summed E-state index contributed by atoms with van der Waals surface area (Å²) in [6.07, 6.45) is 3.68. The molecule has 0 amide bonds. The number of nitrogen functional groups attached to an aromatic ring is 1. The molecule has 3 rings (SSSR count). The summed E-state index contributed by atoms with van der Waals surface area (Å²) in [4.78, 5) is 0. The average molecular weight is 343 g/mol. The number of hydrogen-bond donors (Lipinski definition) is 1. The number of anilines is 1. The van der Waals surface area contributed by atoms with Crippen molar-refractivity contribution in [2.45, 2.75) is 0 Å². The minimum atomic E-state index is 0.561. The number of hydrogen-bond acceptors (Lipinski definition) is 4. The Kier molecular flexibility index (Phi) is 2.58. The molecule has 0 fully saturated rings. The number of fused-ring (bicyclic) bond motifs is 1. The molecule has 0 atom stereocenters. The molecule has 1 aliphatic heterocycles. The molecule has 2 N–H and O–H groups in total. The maximum Gasteiger partial charge on any atom is 0.163 e. The van der Waals surface area contributed by atoms with Gasteiger partial charge in [-0.25, -0.2) is 4.68 Å². The van der Waals surface area contributed by atoms with Gasteiger partial charge < -0.3 is 15.2 Å². The summed E-state index contributed by atoms with van der Waals surface area (Å²) in [6.45, 7) is 1.12. The van der Waals surface area contributed by atoms with E-state index in [1.807, 2.05) is 12.3 Å². The Morgan fingerprint density at radius 1 is 1.24 bits per heavy atom. The van der Waals surface area contributed by atoms with Crippen molar-refractivity contribution >= 4 is 28.3 Å². The van der Waals surface area contributed by atoms with Crippen LogP contribution >= 0.6 is 22.6 Å². The third kappa shape index (κ3) is 1.92. The Hall–Kier alpha value is -1.44. The fourth-order valence-electron chi connectivity index (χ4n) is 1.72. The molecule has 1 aliphatic rings. The molecule has 6 heteroatoms. The molecule has 0 aliphatic carbocycles. The summed E-state index contributed by atoms with van der Waals surface area (Å²) >= 11 is 2.20. The molecule has 2 heterocycles. The van der Waals surface area contributed by atoms with Gasteiger partial charge in [-0.2, -0.15) is 5.10 Å². The van der Waals surface area contributed by atoms with Gasteiger partial charge in [-0.3, -0.25) is 0 Å². The highest BCUT2D eigenvalue weighted by Crippen LogP contribution is 2.35. The van der Waals surface area contributed by atoms with E-state index in [0.717, 1.165) is 9.26 Å². The summed E-state index contributed by atoms with van der Waals surface area (Å²) < 4.78 is 13.8. The zero-order valence-electron chi connectivity index (χ0n) is 8.89. The van der Waals surface area contributed by atoms with Gasteiger partial charge in [0.05, 0.1) is 21.1 Å². The maximum absolute atomic E-state index is 5.99. The second kappa shape index (κ2) is 4.10. The molecule has 2 aromatic rings. The molecule has 1 aromatic carbocycles. The maximum atomic E-state index is 5.99. The first-order valence-electron chi connectivity index (χ1n) is 5.14. The van der Waals surface area contributed by atoms with Gasteiger partial charge in [0.2, 0.25) is 0 Å². The standard InChI is InChI=1S/C11H10IN3O2/c12-7-5-14-15(6-7)9-4-11-10(3-8(9)13)16-1-2-17-11/h3-6H,1-2,13H2. The number of aromatic nitrogens is 2. The van der Waals surface area contributed by atoms with Crippen molar-refractivity contribution in [1.82, 2.24) is 9.78 Å². The summed E-state index contributed by atoms with van der Waals surface area (Å²) in [6, 6.07) is 3.63. The molecule has 0 spiro atoms. The van der Waals surface area contributed by atoms with E-state index in [9.17, 15) is 0 Å². The van der Waals surface area contributed by atoms with Crippen LogP contribution in [0.25, 0.3) is 5.69 Å². The molecule has 17 heavy (non-hydrogen) atoms. The third-order valence-electron chi connectivity index (χ3n) is 2.49. The minimum Gasteiger partial charge on any atom is -0.486 e. The van der Waals surface area contributed by atoms with Crippen molar-refractivity contribution in [3.63, 3.8) is 0 Å². The van der Waals surface area contributed by atoms with Crippen LogP contribution in [-0.4, -0.2) is 23.0 Å². The van der Waals surface area contributed by atoms with Crippen molar-refractivity contribution < 1.29 is 9.47 Å². The lowest BCUT2D eigenvalue weighted by molar-refractivity contribution is 0.171. The second-order valence-electron chi connectivity index (χ2n) is 3.66. The number of ether oxygens (including phenoxy) is 2. The number of nitrogens with two attached hydrogens (primary N) is 1. The van der Waals surface area contributed by atoms with Gasteiger partial charge in [0.1, 0.15) is 13.2 Å². The van der Waals surface area contributed by atoms with Crippen LogP contribution in [0.3, 0.4) is 0 Å². The Labute approximate surface area is 112 Å². The molecule has 5 nitrogen and oxygen atoms in total. The van der Waals surface area contributed by atoms with E-state index >= 15 is 0 Å². The van der Waals surface area contributed by atoms with Crippen molar-refractivity contribution in [3.8, 4) is 17.2 Å². The first-order valence-corrected chi connectivity index (χ1v) is 6.21. The Balaban J connectivity index is 2.11. The van der Waals surface area contributed by atoms with E-state index < -0.39 is 0 Å². The molecule has 0 saturated heterocycles. The Bertz CT molecular complexity index is 568. The average Bonchev–Trinajstić information content (AvgIpc) is 2.75. The molecule has 0 unspecified atom stereocenters. The topological polar surface area (TPSA) is 62.3 Å². The first kappa shape index (κ1) is 10.7. The number of halogens is 1. The zero-order valence-corrected chi connectivity index (χ0v) is 11.0. The highest BCUT2D eigenvalue weighted by Gasteiger charge is 2.15. The van der Waals surface area contributed by atoms with E-state index in [1.165, 1.54) is 0 Å². The van der Waals surface area contributed by atoms with Crippen molar-refractivity contribution in [2.24, 2.45) is 0 Å². The van der Waals surface area contributed by atoms with Gasteiger partial charge in [-0.15, -0.1) is 0 Å². The van der Waals surface area contributed by atoms with Crippen LogP contribution in [0.1, 0.15) is 0 Å². The molecular formula is C11H10IN3O2. The molecule has 0 bridgehead atoms. The van der Waals surface area contributed by atoms with Gasteiger partial charge in [-0.05, 0) is 22.6 Å². The van der Waals surface area contributed by atoms with Crippen molar-refractivity contribution in [1.29, 1.82) is 0 Å². The van der Waals surface area contributed by atoms with Crippen molar-refractivity contribution in [2.75, 3.05) is 18.9 Å². The molecule has 88 valence electrons. The van der Waals surface area contributed by atoms with Crippen LogP contribution in [0.2, 0.25) is 0 Å². The lowest BCUT2D eigenvalue weighted by Gasteiger charge is -2.20. The van der Waals surface area contributed by atoms with Gasteiger partial charge in [-0.1, -0.05) is 0 Å². The lowest BCUT2D eigenvalue weighted by atomic mass is 10.2. The highest BCUT2D eigenvalue weighted by atomic mass is 127. The van der Waals surface area contributed by atoms with E-state index in [0.29, 0.717) is 30.4 Å². The van der Waals surface area contributed by atoms with Crippen LogP contribution in [0.4, 0.5) is 5.69 Å². The van der Waals surface area contributed by atoms with Crippen LogP contribution in [-0.2, 0) is 0 Å². The van der Waals surface area contributed by atoms with E-state index in [1.54, 1.807) is 16.9 Å². The summed E-state index contributed by atoms with van der Waals surface area (Å²) in [5.74, 6) is 1.41. The Morgan fingerprint density at radius 3 is 2.59 bits per heavy atom. The van der Waals surface area contributed by atoms with Crippen LogP contribution in [0.5, 0.6) is 11.5 Å². The van der Waals surface area contributed by atoms with Gasteiger partial charge in [0.15, 0.2) is 11.5 Å². The van der Waals surface area contributed by atoms with E-state index in [2.05, 4.69) is 27.7 Å². The second-order valence-corrected chi connectivity index (χ2v) is 4.90. The van der Waals surface area contributed by atoms with E-state index in [-0.39, 0.29) is 0 Å². The fraction of sp³-hybridized carbons (Fsp3) is 0.182. The Morgan fingerprint density at radius 2 is 1.94 bits per heavy atom. The smallest absolute Gasteiger partial charge is 0.163 e. The molecular weight excluding hydrogens is 333 g/mol. The largest absolute Gasteiger partial charge is 0.486 e. The third-order valence-corrected chi connectivity index (χ3v) is 3.05. The van der Waals surface area contributed by atoms with Gasteiger partial charge in [0, 0.05) is 18.3 Å². The monoisotopic (exact) mass is 343 g/mol. The molecule has 0 radical (unpaired) electrons. The lowest BCUT2D eigenvalue weighted by Crippen LogP contribution is -2.16. The van der Waals surface area contributed by atoms with E-state index in [4.69, 9.17) is 15.2 Å². The normalized spacial score (nSPS) is 13.7. The molecule has 0 saturated carbocycles. The van der Waals surface area contributed by atoms with Gasteiger partial charge in [0.25, 0.3) is 0 Å². The first-order chi connectivity index (χ1) is 8.24. The quantitative estimate of drug-likeness (QED) is 0.634. The summed E-state index contributed by atoms with van der Waals surface area (Å²) in [5.41, 5.74) is 7.41. The SMILES string of the molecule is Nc1cc2c(cc1-n1cc(I)cn1)OCCO2.